The van der Waals surface area contributed by atoms with Crippen LogP contribution in [-0.4, -0.2) is 54.3 Å². The van der Waals surface area contributed by atoms with E-state index < -0.39 is 11.7 Å². The van der Waals surface area contributed by atoms with Crippen molar-refractivity contribution in [2.75, 3.05) is 38.0 Å². The molecular weight excluding hydrogens is 349 g/mol. The molecule has 1 heterocycles. The quantitative estimate of drug-likeness (QED) is 0.883. The molecule has 2 rings (SSSR count). The molecule has 1 aromatic carbocycles. The van der Waals surface area contributed by atoms with E-state index in [1.54, 1.807) is 15.9 Å². The lowest BCUT2D eigenvalue weighted by Gasteiger charge is -2.34. The van der Waals surface area contributed by atoms with E-state index in [-0.39, 0.29) is 36.0 Å². The van der Waals surface area contributed by atoms with Crippen LogP contribution >= 0.6 is 0 Å². The maximum atomic E-state index is 13.1. The zero-order valence-corrected chi connectivity index (χ0v) is 14.3. The number of hydrogen-bond acceptors (Lipinski definition) is 4. The van der Waals surface area contributed by atoms with Gasteiger partial charge in [0.15, 0.2) is 0 Å². The Balaban J connectivity index is 1.91. The summed E-state index contributed by atoms with van der Waals surface area (Å²) in [5, 5.41) is 11.4. The summed E-state index contributed by atoms with van der Waals surface area (Å²) in [5.74, 6) is -0.220. The molecule has 0 aromatic heterocycles. The first-order chi connectivity index (χ1) is 12.2. The van der Waals surface area contributed by atoms with E-state index in [0.717, 1.165) is 6.07 Å². The summed E-state index contributed by atoms with van der Waals surface area (Å²) in [6.45, 7) is 3.27. The van der Waals surface area contributed by atoms with Crippen molar-refractivity contribution in [1.82, 2.24) is 9.80 Å². The van der Waals surface area contributed by atoms with E-state index in [1.807, 2.05) is 0 Å². The number of amides is 2. The standard InChI is InChI=1S/C17H19F3N4O2/c1-12(25)23-6-8-24(9-7-23)16(26)4-5-22-15-3-2-13(11-21)10-14(15)17(18,19)20/h2-3,10,22H,4-9H2,1H3. The van der Waals surface area contributed by atoms with Crippen molar-refractivity contribution in [3.05, 3.63) is 29.3 Å². The molecule has 1 N–H and O–H groups in total. The molecule has 1 aliphatic heterocycles. The molecule has 0 atom stereocenters. The molecule has 0 radical (unpaired) electrons. The highest BCUT2D eigenvalue weighted by Crippen LogP contribution is 2.35. The Hall–Kier alpha value is -2.76. The van der Waals surface area contributed by atoms with Crippen LogP contribution in [0, 0.1) is 11.3 Å². The van der Waals surface area contributed by atoms with E-state index in [4.69, 9.17) is 5.26 Å². The van der Waals surface area contributed by atoms with Gasteiger partial charge in [-0.2, -0.15) is 18.4 Å². The van der Waals surface area contributed by atoms with Gasteiger partial charge in [-0.1, -0.05) is 0 Å². The van der Waals surface area contributed by atoms with Gasteiger partial charge in [0.25, 0.3) is 0 Å². The number of benzene rings is 1. The molecule has 1 aliphatic rings. The number of rotatable bonds is 4. The number of anilines is 1. The monoisotopic (exact) mass is 368 g/mol. The molecule has 140 valence electrons. The first-order valence-electron chi connectivity index (χ1n) is 8.11. The molecule has 1 fully saturated rings. The maximum Gasteiger partial charge on any atom is 0.418 e. The number of hydrogen-bond donors (Lipinski definition) is 1. The number of carbonyl (C=O) groups is 2. The van der Waals surface area contributed by atoms with Crippen LogP contribution in [0.1, 0.15) is 24.5 Å². The van der Waals surface area contributed by atoms with Crippen LogP contribution in [0.25, 0.3) is 0 Å². The Kier molecular flexibility index (Phi) is 6.08. The minimum absolute atomic E-state index is 0.0391. The molecule has 6 nitrogen and oxygen atoms in total. The van der Waals surface area contributed by atoms with Crippen LogP contribution < -0.4 is 5.32 Å². The van der Waals surface area contributed by atoms with Gasteiger partial charge in [-0.15, -0.1) is 0 Å². The van der Waals surface area contributed by atoms with Gasteiger partial charge in [-0.05, 0) is 18.2 Å². The number of nitrogens with zero attached hydrogens (tertiary/aromatic N) is 3. The summed E-state index contributed by atoms with van der Waals surface area (Å²) in [7, 11) is 0. The van der Waals surface area contributed by atoms with Crippen molar-refractivity contribution < 1.29 is 22.8 Å². The zero-order chi connectivity index (χ0) is 19.3. The third-order valence-corrected chi connectivity index (χ3v) is 4.19. The minimum Gasteiger partial charge on any atom is -0.384 e. The van der Waals surface area contributed by atoms with E-state index in [1.165, 1.54) is 19.1 Å². The number of carbonyl (C=O) groups excluding carboxylic acids is 2. The number of nitriles is 1. The van der Waals surface area contributed by atoms with E-state index >= 15 is 0 Å². The second kappa shape index (κ2) is 8.08. The van der Waals surface area contributed by atoms with Crippen molar-refractivity contribution in [2.45, 2.75) is 19.5 Å². The summed E-state index contributed by atoms with van der Waals surface area (Å²) in [6.07, 6.45) is -4.56. The number of piperazine rings is 1. The average Bonchev–Trinajstić information content (AvgIpc) is 2.61. The second-order valence-corrected chi connectivity index (χ2v) is 5.93. The largest absolute Gasteiger partial charge is 0.418 e. The van der Waals surface area contributed by atoms with Gasteiger partial charge in [0.1, 0.15) is 0 Å². The Labute approximate surface area is 149 Å². The molecule has 0 spiro atoms. The van der Waals surface area contributed by atoms with Gasteiger partial charge in [0, 0.05) is 51.8 Å². The molecule has 9 heteroatoms. The van der Waals surface area contributed by atoms with Gasteiger partial charge in [0.05, 0.1) is 17.2 Å². The summed E-state index contributed by atoms with van der Waals surface area (Å²) < 4.78 is 39.3. The van der Waals surface area contributed by atoms with Gasteiger partial charge in [-0.3, -0.25) is 9.59 Å². The SMILES string of the molecule is CC(=O)N1CCN(C(=O)CCNc2ccc(C#N)cc2C(F)(F)F)CC1. The lowest BCUT2D eigenvalue weighted by Crippen LogP contribution is -2.50. The number of halogens is 3. The van der Waals surface area contributed by atoms with Gasteiger partial charge < -0.3 is 15.1 Å². The minimum atomic E-state index is -4.60. The second-order valence-electron chi connectivity index (χ2n) is 5.93. The molecule has 0 bridgehead atoms. The smallest absolute Gasteiger partial charge is 0.384 e. The van der Waals surface area contributed by atoms with Crippen LogP contribution in [0.5, 0.6) is 0 Å². The highest BCUT2D eigenvalue weighted by atomic mass is 19.4. The number of nitrogens with one attached hydrogen (secondary N) is 1. The summed E-state index contributed by atoms with van der Waals surface area (Å²) in [5.41, 5.74) is -1.17. The first-order valence-corrected chi connectivity index (χ1v) is 8.11. The highest BCUT2D eigenvalue weighted by molar-refractivity contribution is 5.78. The maximum absolute atomic E-state index is 13.1. The van der Waals surface area contributed by atoms with E-state index in [9.17, 15) is 22.8 Å². The van der Waals surface area contributed by atoms with Crippen molar-refractivity contribution in [3.8, 4) is 6.07 Å². The number of alkyl halides is 3. The molecule has 0 unspecified atom stereocenters. The molecule has 2 amide bonds. The molecular formula is C17H19F3N4O2. The van der Waals surface area contributed by atoms with Gasteiger partial charge in [0.2, 0.25) is 11.8 Å². The van der Waals surface area contributed by atoms with Gasteiger partial charge in [-0.25, -0.2) is 0 Å². The summed E-state index contributed by atoms with van der Waals surface area (Å²) in [6, 6.07) is 4.95. The lowest BCUT2D eigenvalue weighted by molar-refractivity contribution is -0.138. The third kappa shape index (κ3) is 4.88. The van der Waals surface area contributed by atoms with Crippen molar-refractivity contribution in [1.29, 1.82) is 5.26 Å². The predicted octanol–water partition coefficient (Wildman–Crippen LogP) is 2.07. The fourth-order valence-electron chi connectivity index (χ4n) is 2.74. The summed E-state index contributed by atoms with van der Waals surface area (Å²) in [4.78, 5) is 26.7. The van der Waals surface area contributed by atoms with Crippen LogP contribution in [0.3, 0.4) is 0 Å². The fraction of sp³-hybridized carbons (Fsp3) is 0.471. The van der Waals surface area contributed by atoms with Crippen molar-refractivity contribution >= 4 is 17.5 Å². The normalized spacial score (nSPS) is 14.7. The third-order valence-electron chi connectivity index (χ3n) is 4.19. The van der Waals surface area contributed by atoms with Crippen molar-refractivity contribution in [3.63, 3.8) is 0 Å². The molecule has 26 heavy (non-hydrogen) atoms. The van der Waals surface area contributed by atoms with Crippen LogP contribution in [0.4, 0.5) is 18.9 Å². The van der Waals surface area contributed by atoms with Crippen LogP contribution in [-0.2, 0) is 15.8 Å². The Morgan fingerprint density at radius 3 is 2.35 bits per heavy atom. The first kappa shape index (κ1) is 19.6. The summed E-state index contributed by atoms with van der Waals surface area (Å²) >= 11 is 0. The molecule has 1 aromatic rings. The topological polar surface area (TPSA) is 76.4 Å². The van der Waals surface area contributed by atoms with Crippen molar-refractivity contribution in [2.24, 2.45) is 0 Å². The molecule has 0 aliphatic carbocycles. The van der Waals surface area contributed by atoms with Gasteiger partial charge >= 0.3 is 6.18 Å². The highest BCUT2D eigenvalue weighted by Gasteiger charge is 2.34. The Bertz CT molecular complexity index is 720. The lowest BCUT2D eigenvalue weighted by atomic mass is 10.1. The average molecular weight is 368 g/mol. The van der Waals surface area contributed by atoms with Crippen LogP contribution in [0.2, 0.25) is 0 Å². The molecule has 1 saturated heterocycles. The zero-order valence-electron chi connectivity index (χ0n) is 14.3. The fourth-order valence-corrected chi connectivity index (χ4v) is 2.74. The molecule has 0 saturated carbocycles. The Morgan fingerprint density at radius 1 is 1.19 bits per heavy atom. The van der Waals surface area contributed by atoms with E-state index in [0.29, 0.717) is 26.2 Å². The van der Waals surface area contributed by atoms with Crippen LogP contribution in [0.15, 0.2) is 18.2 Å². The predicted molar refractivity (Wildman–Crippen MR) is 88.1 cm³/mol. The Morgan fingerprint density at radius 2 is 1.81 bits per heavy atom. The van der Waals surface area contributed by atoms with E-state index in [2.05, 4.69) is 5.32 Å².